The van der Waals surface area contributed by atoms with Crippen molar-refractivity contribution in [2.75, 3.05) is 43.1 Å². The van der Waals surface area contributed by atoms with Crippen molar-refractivity contribution in [3.63, 3.8) is 0 Å². The summed E-state index contributed by atoms with van der Waals surface area (Å²) in [5, 5.41) is 2.90. The summed E-state index contributed by atoms with van der Waals surface area (Å²) in [4.78, 5) is 15.2. The predicted octanol–water partition coefficient (Wildman–Crippen LogP) is 2.49. The summed E-state index contributed by atoms with van der Waals surface area (Å²) < 4.78 is 32.5. The highest BCUT2D eigenvalue weighted by molar-refractivity contribution is 7.89. The topological polar surface area (TPSA) is 79.0 Å². The number of fused-ring (bicyclic) bond motifs is 1. The predicted molar refractivity (Wildman–Crippen MR) is 116 cm³/mol. The van der Waals surface area contributed by atoms with Crippen molar-refractivity contribution in [2.24, 2.45) is 0 Å². The number of amides is 1. The highest BCUT2D eigenvalue weighted by Crippen LogP contribution is 2.29. The van der Waals surface area contributed by atoms with Gasteiger partial charge >= 0.3 is 0 Å². The summed E-state index contributed by atoms with van der Waals surface area (Å²) in [6.07, 6.45) is 2.02. The van der Waals surface area contributed by atoms with Gasteiger partial charge in [0.05, 0.1) is 18.1 Å². The molecule has 2 aromatic rings. The number of carbonyl (C=O) groups excluding carboxylic acids is 1. The van der Waals surface area contributed by atoms with E-state index in [0.717, 1.165) is 25.1 Å². The minimum atomic E-state index is -3.61. The maximum absolute atomic E-state index is 13.0. The fourth-order valence-corrected chi connectivity index (χ4v) is 5.48. The van der Waals surface area contributed by atoms with Gasteiger partial charge in [-0.05, 0) is 49.6 Å². The molecule has 160 valence electrons. The fraction of sp³-hybridized carbons (Fsp3) is 0.409. The van der Waals surface area contributed by atoms with E-state index >= 15 is 0 Å². The second kappa shape index (κ2) is 8.75. The van der Waals surface area contributed by atoms with Crippen LogP contribution in [0.1, 0.15) is 18.9 Å². The van der Waals surface area contributed by atoms with Gasteiger partial charge in [-0.2, -0.15) is 4.31 Å². The van der Waals surface area contributed by atoms with Crippen LogP contribution in [0.15, 0.2) is 53.4 Å². The average Bonchev–Trinajstić information content (AvgIpc) is 2.79. The molecule has 4 rings (SSSR count). The zero-order chi connectivity index (χ0) is 21.1. The lowest BCUT2D eigenvalue weighted by molar-refractivity contribution is -0.117. The van der Waals surface area contributed by atoms with Crippen molar-refractivity contribution in [2.45, 2.75) is 30.7 Å². The number of ether oxygens (including phenoxy) is 1. The number of anilines is 2. The standard InChI is InChI=1S/C22H27N3O4S/c1-17(25-11-5-7-18-6-2-3-10-21(18)25)22(26)23-19-8-4-9-20(16-19)30(27,28)24-12-14-29-15-13-24/h2-4,6,8-10,16-17H,5,7,11-15H2,1H3,(H,23,26)/t17-/m0/s1. The number of sulfonamides is 1. The summed E-state index contributed by atoms with van der Waals surface area (Å²) in [5.74, 6) is -0.160. The lowest BCUT2D eigenvalue weighted by Gasteiger charge is -2.35. The number of benzene rings is 2. The van der Waals surface area contributed by atoms with E-state index in [9.17, 15) is 13.2 Å². The molecule has 30 heavy (non-hydrogen) atoms. The number of nitrogens with zero attached hydrogens (tertiary/aromatic N) is 2. The molecular formula is C22H27N3O4S. The normalized spacial score (nSPS) is 18.5. The largest absolute Gasteiger partial charge is 0.379 e. The molecule has 0 unspecified atom stereocenters. The Morgan fingerprint density at radius 2 is 1.83 bits per heavy atom. The van der Waals surface area contributed by atoms with Crippen LogP contribution in [0.5, 0.6) is 0 Å². The fourth-order valence-electron chi connectivity index (χ4n) is 4.02. The van der Waals surface area contributed by atoms with Gasteiger partial charge in [0, 0.05) is 31.0 Å². The van der Waals surface area contributed by atoms with Crippen molar-refractivity contribution < 1.29 is 17.9 Å². The summed E-state index contributed by atoms with van der Waals surface area (Å²) in [5.41, 5.74) is 2.82. The maximum atomic E-state index is 13.0. The van der Waals surface area contributed by atoms with Crippen molar-refractivity contribution in [1.29, 1.82) is 0 Å². The number of hydrogen-bond donors (Lipinski definition) is 1. The van der Waals surface area contributed by atoms with Crippen molar-refractivity contribution in [1.82, 2.24) is 4.31 Å². The number of aryl methyl sites for hydroxylation is 1. The van der Waals surface area contributed by atoms with E-state index < -0.39 is 10.0 Å². The van der Waals surface area contributed by atoms with Crippen LogP contribution in [0.4, 0.5) is 11.4 Å². The quantitative estimate of drug-likeness (QED) is 0.790. The Morgan fingerprint density at radius 1 is 1.07 bits per heavy atom. The zero-order valence-corrected chi connectivity index (χ0v) is 17.9. The second-order valence-electron chi connectivity index (χ2n) is 7.64. The summed E-state index contributed by atoms with van der Waals surface area (Å²) in [6, 6.07) is 14.3. The Labute approximate surface area is 177 Å². The monoisotopic (exact) mass is 429 g/mol. The highest BCUT2D eigenvalue weighted by Gasteiger charge is 2.28. The first kappa shape index (κ1) is 20.8. The van der Waals surface area contributed by atoms with Crippen LogP contribution in [0.3, 0.4) is 0 Å². The van der Waals surface area contributed by atoms with E-state index in [2.05, 4.69) is 16.3 Å². The molecule has 1 N–H and O–H groups in total. The highest BCUT2D eigenvalue weighted by atomic mass is 32.2. The van der Waals surface area contributed by atoms with Crippen molar-refractivity contribution in [3.05, 3.63) is 54.1 Å². The molecule has 0 spiro atoms. The molecule has 8 heteroatoms. The van der Waals surface area contributed by atoms with E-state index in [1.807, 2.05) is 25.1 Å². The van der Waals surface area contributed by atoms with Gasteiger partial charge in [-0.1, -0.05) is 24.3 Å². The Bertz CT molecular complexity index is 1020. The minimum absolute atomic E-state index is 0.160. The molecule has 0 radical (unpaired) electrons. The van der Waals surface area contributed by atoms with Gasteiger partial charge in [0.1, 0.15) is 6.04 Å². The van der Waals surface area contributed by atoms with Gasteiger partial charge < -0.3 is 15.0 Å². The molecule has 1 fully saturated rings. The first-order chi connectivity index (χ1) is 14.5. The maximum Gasteiger partial charge on any atom is 0.246 e. The van der Waals surface area contributed by atoms with Crippen LogP contribution >= 0.6 is 0 Å². The van der Waals surface area contributed by atoms with Crippen molar-refractivity contribution >= 4 is 27.3 Å². The van der Waals surface area contributed by atoms with E-state index in [-0.39, 0.29) is 16.8 Å². The number of nitrogens with one attached hydrogen (secondary N) is 1. The molecule has 1 atom stereocenters. The Balaban J connectivity index is 1.50. The van der Waals surface area contributed by atoms with Crippen LogP contribution < -0.4 is 10.2 Å². The molecule has 1 saturated heterocycles. The van der Waals surface area contributed by atoms with Crippen LogP contribution in [-0.2, 0) is 26.0 Å². The average molecular weight is 430 g/mol. The minimum Gasteiger partial charge on any atom is -0.379 e. The molecule has 7 nitrogen and oxygen atoms in total. The SMILES string of the molecule is C[C@@H](C(=O)Nc1cccc(S(=O)(=O)N2CCOCC2)c1)N1CCCc2ccccc21. The lowest BCUT2D eigenvalue weighted by Crippen LogP contribution is -2.44. The first-order valence-electron chi connectivity index (χ1n) is 10.3. The van der Waals surface area contributed by atoms with Gasteiger partial charge in [-0.15, -0.1) is 0 Å². The van der Waals surface area contributed by atoms with Crippen LogP contribution in [0.2, 0.25) is 0 Å². The smallest absolute Gasteiger partial charge is 0.246 e. The van der Waals surface area contributed by atoms with Gasteiger partial charge in [0.25, 0.3) is 0 Å². The van der Waals surface area contributed by atoms with Crippen LogP contribution in [-0.4, -0.2) is 57.5 Å². The Morgan fingerprint density at radius 3 is 2.63 bits per heavy atom. The van der Waals surface area contributed by atoms with Gasteiger partial charge in [-0.3, -0.25) is 4.79 Å². The van der Waals surface area contributed by atoms with E-state index in [1.54, 1.807) is 18.2 Å². The van der Waals surface area contributed by atoms with Crippen LogP contribution in [0, 0.1) is 0 Å². The zero-order valence-electron chi connectivity index (χ0n) is 17.1. The van der Waals surface area contributed by atoms with Crippen LogP contribution in [0.25, 0.3) is 0 Å². The molecular weight excluding hydrogens is 402 g/mol. The molecule has 2 aliphatic heterocycles. The number of hydrogen-bond acceptors (Lipinski definition) is 5. The van der Waals surface area contributed by atoms with Gasteiger partial charge in [-0.25, -0.2) is 8.42 Å². The summed E-state index contributed by atoms with van der Waals surface area (Å²) in [7, 11) is -3.61. The number of carbonyl (C=O) groups is 1. The Kier molecular flexibility index (Phi) is 6.08. The van der Waals surface area contributed by atoms with Gasteiger partial charge in [0.15, 0.2) is 0 Å². The molecule has 1 amide bonds. The molecule has 2 aromatic carbocycles. The third kappa shape index (κ3) is 4.21. The number of para-hydroxylation sites is 1. The molecule has 0 bridgehead atoms. The molecule has 0 saturated carbocycles. The molecule has 0 aromatic heterocycles. The lowest BCUT2D eigenvalue weighted by atomic mass is 10.00. The number of morpholine rings is 1. The first-order valence-corrected chi connectivity index (χ1v) is 11.7. The summed E-state index contributed by atoms with van der Waals surface area (Å²) in [6.45, 7) is 4.16. The summed E-state index contributed by atoms with van der Waals surface area (Å²) >= 11 is 0. The van der Waals surface area contributed by atoms with Gasteiger partial charge in [0.2, 0.25) is 15.9 Å². The third-order valence-electron chi connectivity index (χ3n) is 5.70. The second-order valence-corrected chi connectivity index (χ2v) is 9.57. The molecule has 2 heterocycles. The Hall–Kier alpha value is -2.42. The number of rotatable bonds is 5. The van der Waals surface area contributed by atoms with E-state index in [1.165, 1.54) is 15.9 Å². The van der Waals surface area contributed by atoms with E-state index in [0.29, 0.717) is 32.0 Å². The van der Waals surface area contributed by atoms with Crippen molar-refractivity contribution in [3.8, 4) is 0 Å². The molecule has 0 aliphatic carbocycles. The molecule has 2 aliphatic rings. The van der Waals surface area contributed by atoms with E-state index in [4.69, 9.17) is 4.74 Å². The third-order valence-corrected chi connectivity index (χ3v) is 7.60.